The van der Waals surface area contributed by atoms with Gasteiger partial charge in [0.2, 0.25) is 0 Å². The summed E-state index contributed by atoms with van der Waals surface area (Å²) >= 11 is 0. The first-order valence-electron chi connectivity index (χ1n) is 10.2. The second-order valence-electron chi connectivity index (χ2n) is 7.75. The monoisotopic (exact) mass is 460 g/mol. The zero-order valence-electron chi connectivity index (χ0n) is 17.1. The Labute approximate surface area is 185 Å². The number of rotatable bonds is 6. The zero-order chi connectivity index (χ0) is 23.5. The maximum Gasteiger partial charge on any atom is 0.320 e. The number of hydrogen-bond acceptors (Lipinski definition) is 6. The van der Waals surface area contributed by atoms with Gasteiger partial charge in [0.05, 0.1) is 11.6 Å². The minimum absolute atomic E-state index is 0.0562. The van der Waals surface area contributed by atoms with Gasteiger partial charge in [0.15, 0.2) is 11.6 Å². The topological polar surface area (TPSA) is 117 Å². The van der Waals surface area contributed by atoms with Crippen LogP contribution in [0.4, 0.5) is 30.6 Å². The Morgan fingerprint density at radius 3 is 2.36 bits per heavy atom. The Morgan fingerprint density at radius 1 is 0.939 bits per heavy atom. The minimum Gasteiger partial charge on any atom is -0.481 e. The number of carboxylic acid groups (broad SMARTS) is 1. The van der Waals surface area contributed by atoms with Gasteiger partial charge in [-0.15, -0.1) is 5.10 Å². The van der Waals surface area contributed by atoms with Crippen LogP contribution in [0.15, 0.2) is 40.8 Å². The number of nitrogens with zero attached hydrogens (tertiary/aromatic N) is 2. The highest BCUT2D eigenvalue weighted by molar-refractivity contribution is 6.01. The third-order valence-corrected chi connectivity index (χ3v) is 5.58. The van der Waals surface area contributed by atoms with Crippen molar-refractivity contribution < 1.29 is 32.3 Å². The van der Waals surface area contributed by atoms with Crippen molar-refractivity contribution in [1.29, 1.82) is 0 Å². The van der Waals surface area contributed by atoms with E-state index in [1.54, 1.807) is 6.07 Å². The molecule has 4 rings (SSSR count). The van der Waals surface area contributed by atoms with E-state index in [2.05, 4.69) is 20.8 Å². The molecule has 8 nitrogen and oxygen atoms in total. The molecule has 0 aliphatic heterocycles. The lowest BCUT2D eigenvalue weighted by molar-refractivity contribution is -0.142. The molecular formula is C22H19F3N4O4. The van der Waals surface area contributed by atoms with Gasteiger partial charge >= 0.3 is 23.8 Å². The highest BCUT2D eigenvalue weighted by Crippen LogP contribution is 2.36. The van der Waals surface area contributed by atoms with E-state index < -0.39 is 35.2 Å². The molecule has 1 amide bonds. The van der Waals surface area contributed by atoms with E-state index in [0.29, 0.717) is 25.7 Å². The summed E-state index contributed by atoms with van der Waals surface area (Å²) < 4.78 is 46.0. The Bertz CT molecular complexity index is 1190. The van der Waals surface area contributed by atoms with E-state index in [9.17, 15) is 22.8 Å². The lowest BCUT2D eigenvalue weighted by Gasteiger charge is -2.26. The molecule has 33 heavy (non-hydrogen) atoms. The number of halogens is 3. The highest BCUT2D eigenvalue weighted by Gasteiger charge is 2.27. The van der Waals surface area contributed by atoms with Gasteiger partial charge in [0, 0.05) is 11.8 Å². The molecule has 0 bridgehead atoms. The molecule has 2 aromatic carbocycles. The second kappa shape index (κ2) is 9.31. The van der Waals surface area contributed by atoms with Gasteiger partial charge in [-0.05, 0) is 61.4 Å². The summed E-state index contributed by atoms with van der Waals surface area (Å²) in [5.74, 6) is -5.17. The Morgan fingerprint density at radius 2 is 1.70 bits per heavy atom. The van der Waals surface area contributed by atoms with Crippen LogP contribution < -0.4 is 10.6 Å². The predicted molar refractivity (Wildman–Crippen MR) is 111 cm³/mol. The fraction of sp³-hybridized carbons (Fsp3) is 0.273. The molecule has 1 fully saturated rings. The second-order valence-corrected chi connectivity index (χ2v) is 7.75. The van der Waals surface area contributed by atoms with Crippen molar-refractivity contribution in [3.05, 3.63) is 65.3 Å². The van der Waals surface area contributed by atoms with Crippen LogP contribution in [0, 0.1) is 23.4 Å². The maximum absolute atomic E-state index is 14.6. The molecule has 1 saturated carbocycles. The normalized spacial score (nSPS) is 18.0. The van der Waals surface area contributed by atoms with E-state index in [4.69, 9.17) is 9.52 Å². The smallest absolute Gasteiger partial charge is 0.320 e. The van der Waals surface area contributed by atoms with Crippen LogP contribution in [-0.2, 0) is 4.79 Å². The molecule has 0 atom stereocenters. The summed E-state index contributed by atoms with van der Waals surface area (Å²) in [6.45, 7) is 0. The van der Waals surface area contributed by atoms with Crippen LogP contribution in [0.2, 0.25) is 0 Å². The number of anilines is 3. The summed E-state index contributed by atoms with van der Waals surface area (Å²) in [7, 11) is 0. The number of carboxylic acids is 1. The standard InChI is InChI=1S/C22H19F3N4O4/c23-15-7-6-14(10-16(15)24)26-22-29-28-20(33-22)19(30)27-18-8-5-13(9-17(18)25)11-1-3-12(4-2-11)21(31)32/h5-12H,1-4H2,(H,26,29)(H,27,30)(H,31,32)/t11-,12-. The fourth-order valence-corrected chi connectivity index (χ4v) is 3.80. The molecule has 172 valence electrons. The first-order chi connectivity index (χ1) is 15.8. The lowest BCUT2D eigenvalue weighted by Crippen LogP contribution is -2.20. The summed E-state index contributed by atoms with van der Waals surface area (Å²) in [5, 5.41) is 21.1. The van der Waals surface area contributed by atoms with E-state index >= 15 is 0 Å². The van der Waals surface area contributed by atoms with E-state index in [1.165, 1.54) is 18.2 Å². The van der Waals surface area contributed by atoms with Crippen LogP contribution in [0.5, 0.6) is 0 Å². The highest BCUT2D eigenvalue weighted by atomic mass is 19.2. The quantitative estimate of drug-likeness (QED) is 0.482. The van der Waals surface area contributed by atoms with Crippen molar-refractivity contribution in [3.8, 4) is 0 Å². The zero-order valence-corrected chi connectivity index (χ0v) is 17.1. The van der Waals surface area contributed by atoms with E-state index in [1.807, 2.05) is 0 Å². The molecule has 11 heteroatoms. The van der Waals surface area contributed by atoms with E-state index in [-0.39, 0.29) is 29.2 Å². The molecule has 0 spiro atoms. The third-order valence-electron chi connectivity index (χ3n) is 5.58. The van der Waals surface area contributed by atoms with Crippen LogP contribution in [0.3, 0.4) is 0 Å². The van der Waals surface area contributed by atoms with Crippen LogP contribution in [-0.4, -0.2) is 27.2 Å². The lowest BCUT2D eigenvalue weighted by atomic mass is 9.79. The van der Waals surface area contributed by atoms with Crippen molar-refractivity contribution in [2.24, 2.45) is 5.92 Å². The third kappa shape index (κ3) is 5.13. The van der Waals surface area contributed by atoms with E-state index in [0.717, 1.165) is 17.7 Å². The minimum atomic E-state index is -1.08. The summed E-state index contributed by atoms with van der Waals surface area (Å²) in [5.41, 5.74) is 0.782. The average Bonchev–Trinajstić information content (AvgIpc) is 3.26. The Balaban J connectivity index is 1.38. The first-order valence-corrected chi connectivity index (χ1v) is 10.2. The molecule has 3 N–H and O–H groups in total. The van der Waals surface area contributed by atoms with Gasteiger partial charge in [-0.25, -0.2) is 13.2 Å². The Kier molecular flexibility index (Phi) is 6.29. The average molecular weight is 460 g/mol. The molecule has 3 aromatic rings. The fourth-order valence-electron chi connectivity index (χ4n) is 3.80. The van der Waals surface area contributed by atoms with Gasteiger partial charge in [-0.3, -0.25) is 9.59 Å². The van der Waals surface area contributed by atoms with Crippen molar-refractivity contribution in [3.63, 3.8) is 0 Å². The number of carbonyl (C=O) groups excluding carboxylic acids is 1. The number of amides is 1. The molecule has 0 radical (unpaired) electrons. The SMILES string of the molecule is O=C(Nc1ccc([C@H]2CC[C@H](C(=O)O)CC2)cc1F)c1nnc(Nc2ccc(F)c(F)c2)o1. The largest absolute Gasteiger partial charge is 0.481 e. The molecule has 1 aliphatic carbocycles. The number of carbonyl (C=O) groups is 2. The van der Waals surface area contributed by atoms with Crippen LogP contribution in [0.25, 0.3) is 0 Å². The summed E-state index contributed by atoms with van der Waals surface area (Å²) in [4.78, 5) is 23.4. The molecular weight excluding hydrogens is 441 g/mol. The molecule has 0 saturated heterocycles. The number of aromatic nitrogens is 2. The van der Waals surface area contributed by atoms with Crippen molar-refractivity contribution >= 4 is 29.3 Å². The van der Waals surface area contributed by atoms with Gasteiger partial charge in [0.25, 0.3) is 0 Å². The summed E-state index contributed by atoms with van der Waals surface area (Å²) in [6, 6.07) is 7.23. The van der Waals surface area contributed by atoms with Crippen LogP contribution >= 0.6 is 0 Å². The molecule has 1 heterocycles. The number of aliphatic carboxylic acids is 1. The first kappa shape index (κ1) is 22.3. The van der Waals surface area contributed by atoms with Crippen molar-refractivity contribution in [2.45, 2.75) is 31.6 Å². The molecule has 0 unspecified atom stereocenters. The van der Waals surface area contributed by atoms with Crippen molar-refractivity contribution in [1.82, 2.24) is 10.2 Å². The molecule has 1 aliphatic rings. The number of benzene rings is 2. The summed E-state index contributed by atoms with van der Waals surface area (Å²) in [6.07, 6.45) is 2.38. The number of hydrogen-bond donors (Lipinski definition) is 3. The van der Waals surface area contributed by atoms with Gasteiger partial charge in [0.1, 0.15) is 5.82 Å². The van der Waals surface area contributed by atoms with Gasteiger partial charge < -0.3 is 20.2 Å². The maximum atomic E-state index is 14.6. The van der Waals surface area contributed by atoms with Gasteiger partial charge in [-0.2, -0.15) is 0 Å². The van der Waals surface area contributed by atoms with Crippen LogP contribution in [0.1, 0.15) is 47.8 Å². The van der Waals surface area contributed by atoms with Crippen molar-refractivity contribution in [2.75, 3.05) is 10.6 Å². The predicted octanol–water partition coefficient (Wildman–Crippen LogP) is 4.84. The van der Waals surface area contributed by atoms with Gasteiger partial charge in [-0.1, -0.05) is 11.2 Å². The molecule has 1 aromatic heterocycles. The number of nitrogens with one attached hydrogen (secondary N) is 2. The Hall–Kier alpha value is -3.89.